The van der Waals surface area contributed by atoms with Gasteiger partial charge in [0, 0.05) is 18.4 Å². The molecule has 0 saturated carbocycles. The van der Waals surface area contributed by atoms with Crippen LogP contribution in [0.15, 0.2) is 48.5 Å². The Morgan fingerprint density at radius 1 is 1.05 bits per heavy atom. The minimum absolute atomic E-state index is 0.180. The van der Waals surface area contributed by atoms with Crippen LogP contribution in [-0.4, -0.2) is 19.6 Å². The van der Waals surface area contributed by atoms with E-state index < -0.39 is 0 Å². The molecule has 0 fully saturated rings. The zero-order chi connectivity index (χ0) is 14.1. The Kier molecular flexibility index (Phi) is 3.18. The number of para-hydroxylation sites is 2. The fourth-order valence-electron chi connectivity index (χ4n) is 2.85. The third kappa shape index (κ3) is 1.86. The van der Waals surface area contributed by atoms with Crippen molar-refractivity contribution < 1.29 is 9.53 Å². The van der Waals surface area contributed by atoms with Gasteiger partial charge in [-0.3, -0.25) is 4.79 Å². The quantitative estimate of drug-likeness (QED) is 0.780. The third-order valence-corrected chi connectivity index (χ3v) is 3.74. The molecule has 3 heteroatoms. The summed E-state index contributed by atoms with van der Waals surface area (Å²) in [6, 6.07) is 16.0. The number of hydrogen-bond acceptors (Lipinski definition) is 3. The van der Waals surface area contributed by atoms with E-state index in [-0.39, 0.29) is 11.9 Å². The maximum atomic E-state index is 12.4. The molecule has 0 amide bonds. The zero-order valence-corrected chi connectivity index (χ0v) is 11.7. The molecular formula is C17H17NO2. The minimum atomic E-state index is -0.335. The second-order valence-corrected chi connectivity index (χ2v) is 4.86. The molecule has 0 atom stereocenters. The van der Waals surface area contributed by atoms with Crippen molar-refractivity contribution in [2.45, 2.75) is 12.8 Å². The first-order valence-corrected chi connectivity index (χ1v) is 6.82. The smallest absolute Gasteiger partial charge is 0.318 e. The summed E-state index contributed by atoms with van der Waals surface area (Å²) in [6.45, 7) is 2.24. The molecule has 20 heavy (non-hydrogen) atoms. The van der Waals surface area contributed by atoms with Gasteiger partial charge in [0.25, 0.3) is 0 Å². The number of fused-ring (bicyclic) bond motifs is 2. The lowest BCUT2D eigenvalue weighted by Gasteiger charge is -2.34. The SMILES string of the molecule is CCOC(=O)C1c2ccccc2N(C)c2ccccc21. The van der Waals surface area contributed by atoms with Gasteiger partial charge in [-0.15, -0.1) is 0 Å². The Morgan fingerprint density at radius 3 is 2.05 bits per heavy atom. The highest BCUT2D eigenvalue weighted by molar-refractivity contribution is 5.91. The summed E-state index contributed by atoms with van der Waals surface area (Å²) in [6.07, 6.45) is 0. The van der Waals surface area contributed by atoms with Gasteiger partial charge in [-0.25, -0.2) is 0 Å². The van der Waals surface area contributed by atoms with Crippen molar-refractivity contribution in [1.82, 2.24) is 0 Å². The molecule has 2 aromatic carbocycles. The fourth-order valence-corrected chi connectivity index (χ4v) is 2.85. The number of nitrogens with zero attached hydrogens (tertiary/aromatic N) is 1. The molecule has 1 heterocycles. The van der Waals surface area contributed by atoms with E-state index in [0.717, 1.165) is 22.5 Å². The van der Waals surface area contributed by atoms with Gasteiger partial charge in [0.1, 0.15) is 5.92 Å². The molecule has 3 nitrogen and oxygen atoms in total. The van der Waals surface area contributed by atoms with Gasteiger partial charge in [0.15, 0.2) is 0 Å². The Morgan fingerprint density at radius 2 is 1.55 bits per heavy atom. The Balaban J connectivity index is 2.19. The summed E-state index contributed by atoms with van der Waals surface area (Å²) in [5.41, 5.74) is 4.13. The highest BCUT2D eigenvalue weighted by atomic mass is 16.5. The van der Waals surface area contributed by atoms with E-state index in [1.807, 2.05) is 62.5 Å². The van der Waals surface area contributed by atoms with Crippen LogP contribution in [0.2, 0.25) is 0 Å². The van der Waals surface area contributed by atoms with E-state index in [9.17, 15) is 4.79 Å². The average molecular weight is 267 g/mol. The van der Waals surface area contributed by atoms with E-state index in [4.69, 9.17) is 4.74 Å². The summed E-state index contributed by atoms with van der Waals surface area (Å²) in [4.78, 5) is 14.5. The number of ether oxygens (including phenoxy) is 1. The van der Waals surface area contributed by atoms with Crippen molar-refractivity contribution >= 4 is 17.3 Å². The van der Waals surface area contributed by atoms with E-state index in [0.29, 0.717) is 6.61 Å². The lowest BCUT2D eigenvalue weighted by atomic mass is 9.85. The molecule has 0 spiro atoms. The number of carbonyl (C=O) groups is 1. The normalized spacial score (nSPS) is 13.6. The van der Waals surface area contributed by atoms with Crippen LogP contribution in [0.3, 0.4) is 0 Å². The van der Waals surface area contributed by atoms with Gasteiger partial charge in [-0.1, -0.05) is 36.4 Å². The fraction of sp³-hybridized carbons (Fsp3) is 0.235. The first-order valence-electron chi connectivity index (χ1n) is 6.82. The molecule has 1 aliphatic rings. The number of carbonyl (C=O) groups excluding carboxylic acids is 1. The van der Waals surface area contributed by atoms with Crippen molar-refractivity contribution in [3.63, 3.8) is 0 Å². The van der Waals surface area contributed by atoms with Crippen molar-refractivity contribution in [1.29, 1.82) is 0 Å². The van der Waals surface area contributed by atoms with Crippen molar-refractivity contribution in [3.05, 3.63) is 59.7 Å². The Hall–Kier alpha value is -2.29. The predicted molar refractivity (Wildman–Crippen MR) is 79.4 cm³/mol. The predicted octanol–water partition coefficient (Wildman–Crippen LogP) is 3.46. The number of anilines is 2. The molecule has 0 aromatic heterocycles. The van der Waals surface area contributed by atoms with Crippen molar-refractivity contribution in [2.75, 3.05) is 18.6 Å². The minimum Gasteiger partial charge on any atom is -0.465 e. The highest BCUT2D eigenvalue weighted by Gasteiger charge is 2.33. The summed E-state index contributed by atoms with van der Waals surface area (Å²) in [5, 5.41) is 0. The largest absolute Gasteiger partial charge is 0.465 e. The van der Waals surface area contributed by atoms with Crippen LogP contribution in [-0.2, 0) is 9.53 Å². The van der Waals surface area contributed by atoms with E-state index in [1.54, 1.807) is 0 Å². The number of rotatable bonds is 2. The monoisotopic (exact) mass is 267 g/mol. The standard InChI is InChI=1S/C17H17NO2/c1-3-20-17(19)16-12-8-4-6-10-14(12)18(2)15-11-7-5-9-13(15)16/h4-11,16H,3H2,1-2H3. The van der Waals surface area contributed by atoms with Crippen LogP contribution < -0.4 is 4.90 Å². The second-order valence-electron chi connectivity index (χ2n) is 4.86. The van der Waals surface area contributed by atoms with Crippen LogP contribution in [0.25, 0.3) is 0 Å². The molecule has 0 radical (unpaired) electrons. The van der Waals surface area contributed by atoms with Gasteiger partial charge in [0.2, 0.25) is 0 Å². The van der Waals surface area contributed by atoms with Crippen LogP contribution in [0, 0.1) is 0 Å². The number of benzene rings is 2. The Labute approximate surface area is 118 Å². The number of esters is 1. The molecule has 0 bridgehead atoms. The first kappa shape index (κ1) is 12.7. The van der Waals surface area contributed by atoms with Gasteiger partial charge < -0.3 is 9.64 Å². The van der Waals surface area contributed by atoms with Crippen LogP contribution in [0.5, 0.6) is 0 Å². The van der Waals surface area contributed by atoms with Gasteiger partial charge >= 0.3 is 5.97 Å². The molecular weight excluding hydrogens is 250 g/mol. The molecule has 2 aromatic rings. The third-order valence-electron chi connectivity index (χ3n) is 3.74. The van der Waals surface area contributed by atoms with Gasteiger partial charge in [0.05, 0.1) is 6.61 Å². The summed E-state index contributed by atoms with van der Waals surface area (Å²) < 4.78 is 5.27. The Bertz CT molecular complexity index is 603. The van der Waals surface area contributed by atoms with Crippen LogP contribution >= 0.6 is 0 Å². The molecule has 0 unspecified atom stereocenters. The lowest BCUT2D eigenvalue weighted by Crippen LogP contribution is -2.27. The number of hydrogen-bond donors (Lipinski definition) is 0. The molecule has 3 rings (SSSR count). The highest BCUT2D eigenvalue weighted by Crippen LogP contribution is 2.44. The molecule has 1 aliphatic heterocycles. The van der Waals surface area contributed by atoms with Gasteiger partial charge in [-0.2, -0.15) is 0 Å². The van der Waals surface area contributed by atoms with E-state index in [2.05, 4.69) is 4.90 Å². The second kappa shape index (κ2) is 5.00. The molecule has 0 N–H and O–H groups in total. The zero-order valence-electron chi connectivity index (χ0n) is 11.7. The van der Waals surface area contributed by atoms with Crippen molar-refractivity contribution in [2.24, 2.45) is 0 Å². The topological polar surface area (TPSA) is 29.5 Å². The maximum absolute atomic E-state index is 12.4. The lowest BCUT2D eigenvalue weighted by molar-refractivity contribution is -0.143. The van der Waals surface area contributed by atoms with Crippen LogP contribution in [0.4, 0.5) is 11.4 Å². The summed E-state index contributed by atoms with van der Waals surface area (Å²) in [7, 11) is 2.03. The summed E-state index contributed by atoms with van der Waals surface area (Å²) >= 11 is 0. The van der Waals surface area contributed by atoms with Crippen molar-refractivity contribution in [3.8, 4) is 0 Å². The van der Waals surface area contributed by atoms with E-state index in [1.165, 1.54) is 0 Å². The maximum Gasteiger partial charge on any atom is 0.318 e. The molecule has 0 aliphatic carbocycles. The van der Waals surface area contributed by atoms with E-state index >= 15 is 0 Å². The average Bonchev–Trinajstić information content (AvgIpc) is 2.48. The summed E-state index contributed by atoms with van der Waals surface area (Å²) in [5.74, 6) is -0.515. The van der Waals surface area contributed by atoms with Crippen LogP contribution in [0.1, 0.15) is 24.0 Å². The molecule has 0 saturated heterocycles. The van der Waals surface area contributed by atoms with Gasteiger partial charge in [-0.05, 0) is 30.2 Å². The first-order chi connectivity index (χ1) is 9.74. The molecule has 102 valence electrons.